The van der Waals surface area contributed by atoms with Crippen LogP contribution in [0.2, 0.25) is 0 Å². The first-order valence-electron chi connectivity index (χ1n) is 6.42. The van der Waals surface area contributed by atoms with Gasteiger partial charge in [-0.15, -0.1) is 6.42 Å². The van der Waals surface area contributed by atoms with Crippen molar-refractivity contribution in [1.29, 1.82) is 0 Å². The van der Waals surface area contributed by atoms with Gasteiger partial charge in [-0.25, -0.2) is 17.9 Å². The van der Waals surface area contributed by atoms with Gasteiger partial charge in [0.25, 0.3) is 10.0 Å². The highest BCUT2D eigenvalue weighted by Crippen LogP contribution is 2.09. The second-order valence-electron chi connectivity index (χ2n) is 4.44. The van der Waals surface area contributed by atoms with Gasteiger partial charge in [0, 0.05) is 12.1 Å². The molecule has 0 fully saturated rings. The standard InChI is InChI=1S/C16H14N2O3S/c1-2-13-8-10-15(11-9-13)22(20,21)18-16(19)17-12-14-6-4-3-5-7-14/h1,3-11H,12H2,(H2,17,18,19). The normalized spacial score (nSPS) is 10.5. The Labute approximate surface area is 129 Å². The van der Waals surface area contributed by atoms with E-state index in [0.717, 1.165) is 5.56 Å². The van der Waals surface area contributed by atoms with Gasteiger partial charge in [0.15, 0.2) is 0 Å². The molecule has 2 N–H and O–H groups in total. The molecule has 112 valence electrons. The summed E-state index contributed by atoms with van der Waals surface area (Å²) in [5, 5.41) is 2.49. The van der Waals surface area contributed by atoms with Gasteiger partial charge in [-0.3, -0.25) is 0 Å². The lowest BCUT2D eigenvalue weighted by Crippen LogP contribution is -2.39. The number of terminal acetylenes is 1. The fraction of sp³-hybridized carbons (Fsp3) is 0.0625. The fourth-order valence-electron chi connectivity index (χ4n) is 1.73. The third-order valence-corrected chi connectivity index (χ3v) is 4.20. The number of urea groups is 1. The van der Waals surface area contributed by atoms with E-state index in [1.807, 2.05) is 35.1 Å². The van der Waals surface area contributed by atoms with E-state index in [4.69, 9.17) is 6.42 Å². The zero-order valence-corrected chi connectivity index (χ0v) is 12.4. The maximum atomic E-state index is 12.0. The minimum absolute atomic E-state index is 0.0265. The third-order valence-electron chi connectivity index (χ3n) is 2.85. The monoisotopic (exact) mass is 314 g/mol. The Morgan fingerprint density at radius 1 is 1.05 bits per heavy atom. The molecule has 0 heterocycles. The Hall–Kier alpha value is -2.78. The average molecular weight is 314 g/mol. The summed E-state index contributed by atoms with van der Waals surface area (Å²) in [5.74, 6) is 2.39. The highest BCUT2D eigenvalue weighted by molar-refractivity contribution is 7.90. The number of amides is 2. The number of sulfonamides is 1. The second kappa shape index (κ2) is 6.78. The van der Waals surface area contributed by atoms with Crippen molar-refractivity contribution in [3.05, 3.63) is 65.7 Å². The van der Waals surface area contributed by atoms with E-state index in [2.05, 4.69) is 11.2 Å². The predicted molar refractivity (Wildman–Crippen MR) is 83.4 cm³/mol. The maximum Gasteiger partial charge on any atom is 0.328 e. The number of rotatable bonds is 4. The van der Waals surface area contributed by atoms with Gasteiger partial charge in [0.05, 0.1) is 4.90 Å². The van der Waals surface area contributed by atoms with Crippen LogP contribution in [0.5, 0.6) is 0 Å². The van der Waals surface area contributed by atoms with Crippen molar-refractivity contribution in [2.45, 2.75) is 11.4 Å². The van der Waals surface area contributed by atoms with Crippen LogP contribution in [-0.2, 0) is 16.6 Å². The summed E-state index contributed by atoms with van der Waals surface area (Å²) < 4.78 is 26.0. The second-order valence-corrected chi connectivity index (χ2v) is 6.12. The zero-order valence-electron chi connectivity index (χ0n) is 11.6. The van der Waals surface area contributed by atoms with E-state index < -0.39 is 16.1 Å². The summed E-state index contributed by atoms with van der Waals surface area (Å²) in [6, 6.07) is 14.1. The van der Waals surface area contributed by atoms with Crippen molar-refractivity contribution in [1.82, 2.24) is 10.0 Å². The van der Waals surface area contributed by atoms with E-state index in [1.54, 1.807) is 0 Å². The number of benzene rings is 2. The molecule has 0 aromatic heterocycles. The highest BCUT2D eigenvalue weighted by atomic mass is 32.2. The molecule has 0 aliphatic carbocycles. The van der Waals surface area contributed by atoms with E-state index in [0.29, 0.717) is 5.56 Å². The summed E-state index contributed by atoms with van der Waals surface area (Å²) in [4.78, 5) is 11.7. The molecule has 6 heteroatoms. The SMILES string of the molecule is C#Cc1ccc(S(=O)(=O)NC(=O)NCc2ccccc2)cc1. The number of carbonyl (C=O) groups excluding carboxylic acids is 1. The molecule has 0 saturated carbocycles. The van der Waals surface area contributed by atoms with E-state index in [1.165, 1.54) is 24.3 Å². The van der Waals surface area contributed by atoms with Gasteiger partial charge in [-0.05, 0) is 29.8 Å². The first-order valence-corrected chi connectivity index (χ1v) is 7.91. The molecular formula is C16H14N2O3S. The van der Waals surface area contributed by atoms with Gasteiger partial charge >= 0.3 is 6.03 Å². The minimum atomic E-state index is -3.92. The van der Waals surface area contributed by atoms with Crippen molar-refractivity contribution in [2.75, 3.05) is 0 Å². The van der Waals surface area contributed by atoms with Crippen molar-refractivity contribution in [3.8, 4) is 12.3 Å². The van der Waals surface area contributed by atoms with E-state index in [9.17, 15) is 13.2 Å². The summed E-state index contributed by atoms with van der Waals surface area (Å²) in [7, 11) is -3.92. The summed E-state index contributed by atoms with van der Waals surface area (Å²) >= 11 is 0. The van der Waals surface area contributed by atoms with Crippen molar-refractivity contribution in [2.24, 2.45) is 0 Å². The smallest absolute Gasteiger partial charge is 0.328 e. The minimum Gasteiger partial charge on any atom is -0.333 e. The Kier molecular flexibility index (Phi) is 4.81. The largest absolute Gasteiger partial charge is 0.333 e. The molecule has 2 aromatic rings. The third kappa shape index (κ3) is 4.11. The lowest BCUT2D eigenvalue weighted by Gasteiger charge is -2.08. The van der Waals surface area contributed by atoms with Crippen LogP contribution in [0, 0.1) is 12.3 Å². The molecular weight excluding hydrogens is 300 g/mol. The van der Waals surface area contributed by atoms with Crippen LogP contribution in [0.25, 0.3) is 0 Å². The molecule has 2 amide bonds. The molecule has 2 rings (SSSR count). The molecule has 0 aliphatic heterocycles. The Bertz CT molecular complexity index is 792. The highest BCUT2D eigenvalue weighted by Gasteiger charge is 2.17. The van der Waals surface area contributed by atoms with Crippen LogP contribution in [0.3, 0.4) is 0 Å². The van der Waals surface area contributed by atoms with Gasteiger partial charge in [0.1, 0.15) is 0 Å². The number of carbonyl (C=O) groups is 1. The molecule has 22 heavy (non-hydrogen) atoms. The van der Waals surface area contributed by atoms with Gasteiger partial charge in [0.2, 0.25) is 0 Å². The topological polar surface area (TPSA) is 75.3 Å². The van der Waals surface area contributed by atoms with Crippen LogP contribution < -0.4 is 10.0 Å². The molecule has 0 aliphatic rings. The predicted octanol–water partition coefficient (Wildman–Crippen LogP) is 1.86. The summed E-state index contributed by atoms with van der Waals surface area (Å²) in [6.45, 7) is 0.234. The Morgan fingerprint density at radius 3 is 2.27 bits per heavy atom. The van der Waals surface area contributed by atoms with Gasteiger partial charge < -0.3 is 5.32 Å². The molecule has 5 nitrogen and oxygen atoms in total. The van der Waals surface area contributed by atoms with Gasteiger partial charge in [-0.2, -0.15) is 0 Å². The fourth-order valence-corrected chi connectivity index (χ4v) is 2.65. The molecule has 0 unspecified atom stereocenters. The molecule has 0 atom stereocenters. The lowest BCUT2D eigenvalue weighted by molar-refractivity contribution is 0.245. The zero-order chi connectivity index (χ0) is 16.0. The number of hydrogen-bond acceptors (Lipinski definition) is 3. The Morgan fingerprint density at radius 2 is 1.68 bits per heavy atom. The van der Waals surface area contributed by atoms with E-state index >= 15 is 0 Å². The average Bonchev–Trinajstić information content (AvgIpc) is 2.53. The van der Waals surface area contributed by atoms with Crippen LogP contribution >= 0.6 is 0 Å². The first kappa shape index (κ1) is 15.6. The molecule has 0 saturated heterocycles. The van der Waals surface area contributed by atoms with Crippen molar-refractivity contribution < 1.29 is 13.2 Å². The lowest BCUT2D eigenvalue weighted by atomic mass is 10.2. The van der Waals surface area contributed by atoms with Crippen LogP contribution in [0.4, 0.5) is 4.79 Å². The van der Waals surface area contributed by atoms with Crippen LogP contribution in [-0.4, -0.2) is 14.4 Å². The van der Waals surface area contributed by atoms with Crippen LogP contribution in [0.1, 0.15) is 11.1 Å². The molecule has 0 radical (unpaired) electrons. The molecule has 0 bridgehead atoms. The quantitative estimate of drug-likeness (QED) is 0.846. The van der Waals surface area contributed by atoms with Crippen molar-refractivity contribution >= 4 is 16.1 Å². The summed E-state index contributed by atoms with van der Waals surface area (Å²) in [5.41, 5.74) is 1.43. The van der Waals surface area contributed by atoms with Crippen molar-refractivity contribution in [3.63, 3.8) is 0 Å². The maximum absolute atomic E-state index is 12.0. The van der Waals surface area contributed by atoms with Gasteiger partial charge in [-0.1, -0.05) is 36.3 Å². The molecule has 2 aromatic carbocycles. The first-order chi connectivity index (χ1) is 10.5. The summed E-state index contributed by atoms with van der Waals surface area (Å²) in [6.07, 6.45) is 5.21. The van der Waals surface area contributed by atoms with Crippen LogP contribution in [0.15, 0.2) is 59.5 Å². The number of hydrogen-bond donors (Lipinski definition) is 2. The Balaban J connectivity index is 1.99. The molecule has 0 spiro atoms. The number of nitrogens with one attached hydrogen (secondary N) is 2. The van der Waals surface area contributed by atoms with E-state index in [-0.39, 0.29) is 11.4 Å².